The molecule has 164 valence electrons. The summed E-state index contributed by atoms with van der Waals surface area (Å²) in [5, 5.41) is 8.13. The number of hydrogen-bond donors (Lipinski definition) is 2. The van der Waals surface area contributed by atoms with Crippen LogP contribution in [0.25, 0.3) is 11.0 Å². The Hall–Kier alpha value is -3.84. The highest BCUT2D eigenvalue weighted by atomic mass is 32.2. The number of carbonyl (C=O) groups is 1. The van der Waals surface area contributed by atoms with Gasteiger partial charge < -0.3 is 10.3 Å². The molecule has 0 bridgehead atoms. The molecule has 5 rings (SSSR count). The molecule has 6 nitrogen and oxygen atoms in total. The van der Waals surface area contributed by atoms with Crippen LogP contribution in [0.3, 0.4) is 0 Å². The van der Waals surface area contributed by atoms with Crippen molar-refractivity contribution in [3.05, 3.63) is 114 Å². The number of rotatable bonds is 8. The Balaban J connectivity index is 1.20. The molecule has 0 spiro atoms. The van der Waals surface area contributed by atoms with Gasteiger partial charge >= 0.3 is 0 Å². The van der Waals surface area contributed by atoms with Crippen LogP contribution in [0, 0.1) is 0 Å². The van der Waals surface area contributed by atoms with Crippen LogP contribution in [0.5, 0.6) is 0 Å². The van der Waals surface area contributed by atoms with Gasteiger partial charge in [0.2, 0.25) is 0 Å². The number of imidazole rings is 1. The van der Waals surface area contributed by atoms with Crippen LogP contribution < -0.4 is 5.32 Å². The molecule has 0 aliphatic heterocycles. The molecule has 2 N–H and O–H groups in total. The number of hydrogen-bond acceptors (Lipinski definition) is 4. The van der Waals surface area contributed by atoms with Crippen LogP contribution in [0.2, 0.25) is 0 Å². The van der Waals surface area contributed by atoms with E-state index in [4.69, 9.17) is 0 Å². The molecule has 0 saturated heterocycles. The van der Waals surface area contributed by atoms with E-state index in [9.17, 15) is 4.79 Å². The number of para-hydroxylation sites is 2. The highest BCUT2D eigenvalue weighted by Gasteiger charge is 2.12. The SMILES string of the molecule is O=C(NCc1ccc(Cn2cccn2)cc1)c1ccccc1CSc1nc2ccccc2[nH]1. The van der Waals surface area contributed by atoms with Gasteiger partial charge in [0.15, 0.2) is 5.16 Å². The summed E-state index contributed by atoms with van der Waals surface area (Å²) in [7, 11) is 0. The lowest BCUT2D eigenvalue weighted by atomic mass is 10.1. The van der Waals surface area contributed by atoms with E-state index in [1.165, 1.54) is 5.56 Å². The molecule has 0 unspecified atom stereocenters. The summed E-state index contributed by atoms with van der Waals surface area (Å²) in [6, 6.07) is 25.8. The number of thioether (sulfide) groups is 1. The number of H-pyrrole nitrogens is 1. The summed E-state index contributed by atoms with van der Waals surface area (Å²) in [5.41, 5.74) is 5.86. The molecule has 0 fully saturated rings. The third kappa shape index (κ3) is 5.15. The fourth-order valence-corrected chi connectivity index (χ4v) is 4.52. The highest BCUT2D eigenvalue weighted by molar-refractivity contribution is 7.98. The summed E-state index contributed by atoms with van der Waals surface area (Å²) in [4.78, 5) is 20.8. The molecule has 1 amide bonds. The maximum atomic E-state index is 12.9. The van der Waals surface area contributed by atoms with Crippen LogP contribution in [0.1, 0.15) is 27.0 Å². The summed E-state index contributed by atoms with van der Waals surface area (Å²) in [6.07, 6.45) is 3.72. The molecule has 5 aromatic rings. The molecule has 0 aliphatic rings. The topological polar surface area (TPSA) is 75.6 Å². The smallest absolute Gasteiger partial charge is 0.251 e. The number of aromatic amines is 1. The third-order valence-electron chi connectivity index (χ3n) is 5.37. The fourth-order valence-electron chi connectivity index (χ4n) is 3.63. The molecule has 0 radical (unpaired) electrons. The van der Waals surface area contributed by atoms with E-state index in [0.29, 0.717) is 17.9 Å². The van der Waals surface area contributed by atoms with Gasteiger partial charge in [-0.05, 0) is 41.0 Å². The van der Waals surface area contributed by atoms with E-state index < -0.39 is 0 Å². The predicted molar refractivity (Wildman–Crippen MR) is 131 cm³/mol. The summed E-state index contributed by atoms with van der Waals surface area (Å²) >= 11 is 1.59. The zero-order valence-electron chi connectivity index (χ0n) is 17.9. The maximum Gasteiger partial charge on any atom is 0.251 e. The zero-order chi connectivity index (χ0) is 22.5. The molecule has 0 saturated carbocycles. The van der Waals surface area contributed by atoms with Crippen molar-refractivity contribution in [2.75, 3.05) is 0 Å². The molecule has 0 atom stereocenters. The molecular formula is C26H23N5OS. The van der Waals surface area contributed by atoms with Gasteiger partial charge in [-0.3, -0.25) is 9.48 Å². The van der Waals surface area contributed by atoms with Gasteiger partial charge in [0.1, 0.15) is 0 Å². The zero-order valence-corrected chi connectivity index (χ0v) is 18.8. The minimum absolute atomic E-state index is 0.0728. The second kappa shape index (κ2) is 9.75. The second-order valence-corrected chi connectivity index (χ2v) is 8.67. The van der Waals surface area contributed by atoms with Crippen LogP contribution in [-0.4, -0.2) is 25.7 Å². The van der Waals surface area contributed by atoms with Gasteiger partial charge in [-0.1, -0.05) is 66.4 Å². The summed E-state index contributed by atoms with van der Waals surface area (Å²) in [5.74, 6) is 0.586. The average Bonchev–Trinajstić information content (AvgIpc) is 3.52. The Morgan fingerprint density at radius 3 is 2.55 bits per heavy atom. The van der Waals surface area contributed by atoms with E-state index in [1.807, 2.05) is 77.6 Å². The lowest BCUT2D eigenvalue weighted by Gasteiger charge is -2.10. The van der Waals surface area contributed by atoms with Crippen molar-refractivity contribution in [2.45, 2.75) is 24.0 Å². The van der Waals surface area contributed by atoms with Crippen LogP contribution >= 0.6 is 11.8 Å². The summed E-state index contributed by atoms with van der Waals surface area (Å²) in [6.45, 7) is 1.21. The van der Waals surface area contributed by atoms with Crippen LogP contribution in [0.15, 0.2) is 96.4 Å². The molecule has 3 aromatic carbocycles. The van der Waals surface area contributed by atoms with E-state index in [0.717, 1.165) is 33.9 Å². The molecule has 2 aromatic heterocycles. The van der Waals surface area contributed by atoms with E-state index in [1.54, 1.807) is 18.0 Å². The third-order valence-corrected chi connectivity index (χ3v) is 6.30. The van der Waals surface area contributed by atoms with Gasteiger partial charge in [-0.15, -0.1) is 0 Å². The van der Waals surface area contributed by atoms with Crippen molar-refractivity contribution >= 4 is 28.7 Å². The molecule has 0 aliphatic carbocycles. The van der Waals surface area contributed by atoms with Crippen molar-refractivity contribution in [3.8, 4) is 0 Å². The monoisotopic (exact) mass is 453 g/mol. The Morgan fingerprint density at radius 1 is 0.939 bits per heavy atom. The molecular weight excluding hydrogens is 430 g/mol. The molecule has 33 heavy (non-hydrogen) atoms. The van der Waals surface area contributed by atoms with Gasteiger partial charge in [0.25, 0.3) is 5.91 Å². The predicted octanol–water partition coefficient (Wildman–Crippen LogP) is 5.03. The van der Waals surface area contributed by atoms with Gasteiger partial charge in [0.05, 0.1) is 17.6 Å². The van der Waals surface area contributed by atoms with Crippen LogP contribution in [0.4, 0.5) is 0 Å². The standard InChI is InChI=1S/C26H23N5OS/c32-25(27-16-19-10-12-20(13-11-19)17-31-15-5-14-28-31)22-7-2-1-6-21(22)18-33-26-29-23-8-3-4-9-24(23)30-26/h1-15H,16-18H2,(H,27,32)(H,29,30). The van der Waals surface area contributed by atoms with Crippen molar-refractivity contribution in [2.24, 2.45) is 0 Å². The van der Waals surface area contributed by atoms with E-state index >= 15 is 0 Å². The highest BCUT2D eigenvalue weighted by Crippen LogP contribution is 2.24. The van der Waals surface area contributed by atoms with Crippen LogP contribution in [-0.2, 0) is 18.8 Å². The Bertz CT molecular complexity index is 1330. The number of benzene rings is 3. The Kier molecular flexibility index (Phi) is 6.21. The Morgan fingerprint density at radius 2 is 1.73 bits per heavy atom. The number of fused-ring (bicyclic) bond motifs is 1. The molecule has 7 heteroatoms. The lowest BCUT2D eigenvalue weighted by molar-refractivity contribution is 0.0950. The number of nitrogens with zero attached hydrogens (tertiary/aromatic N) is 3. The van der Waals surface area contributed by atoms with E-state index in [-0.39, 0.29) is 5.91 Å². The minimum Gasteiger partial charge on any atom is -0.348 e. The number of amides is 1. The number of carbonyl (C=O) groups excluding carboxylic acids is 1. The molecule has 2 heterocycles. The minimum atomic E-state index is -0.0728. The first-order chi connectivity index (χ1) is 16.2. The quantitative estimate of drug-likeness (QED) is 0.323. The van der Waals surface area contributed by atoms with Crippen molar-refractivity contribution in [1.29, 1.82) is 0 Å². The number of nitrogens with one attached hydrogen (secondary N) is 2. The van der Waals surface area contributed by atoms with E-state index in [2.05, 4.69) is 32.5 Å². The van der Waals surface area contributed by atoms with Gasteiger partial charge in [0, 0.05) is 30.3 Å². The maximum absolute atomic E-state index is 12.9. The van der Waals surface area contributed by atoms with Gasteiger partial charge in [-0.2, -0.15) is 5.10 Å². The first kappa shape index (κ1) is 21.0. The van der Waals surface area contributed by atoms with Gasteiger partial charge in [-0.25, -0.2) is 4.98 Å². The lowest BCUT2D eigenvalue weighted by Crippen LogP contribution is -2.23. The largest absolute Gasteiger partial charge is 0.348 e. The first-order valence-corrected chi connectivity index (χ1v) is 11.7. The first-order valence-electron chi connectivity index (χ1n) is 10.7. The van der Waals surface area contributed by atoms with Crippen molar-refractivity contribution < 1.29 is 4.79 Å². The Labute approximate surface area is 196 Å². The average molecular weight is 454 g/mol. The number of aromatic nitrogens is 4. The van der Waals surface area contributed by atoms with Crippen molar-refractivity contribution in [1.82, 2.24) is 25.1 Å². The summed E-state index contributed by atoms with van der Waals surface area (Å²) < 4.78 is 1.89. The normalized spacial score (nSPS) is 11.0. The second-order valence-electron chi connectivity index (χ2n) is 7.71. The fraction of sp³-hybridized carbons (Fsp3) is 0.115. The van der Waals surface area contributed by atoms with Crippen molar-refractivity contribution in [3.63, 3.8) is 0 Å².